The molecule has 2 fully saturated rings. The molecule has 3 aliphatic carbocycles. The molecular formula is C30H39N3O4. The van der Waals surface area contributed by atoms with E-state index in [0.717, 1.165) is 69.4 Å². The first-order valence-corrected chi connectivity index (χ1v) is 14.1. The summed E-state index contributed by atoms with van der Waals surface area (Å²) in [7, 11) is 0. The number of nitrogens with zero attached hydrogens (tertiary/aromatic N) is 3. The summed E-state index contributed by atoms with van der Waals surface area (Å²) >= 11 is 0. The second-order valence-corrected chi connectivity index (χ2v) is 11.4. The van der Waals surface area contributed by atoms with Gasteiger partial charge in [0.1, 0.15) is 6.10 Å². The molecule has 1 saturated heterocycles. The van der Waals surface area contributed by atoms with Crippen molar-refractivity contribution in [3.63, 3.8) is 0 Å². The van der Waals surface area contributed by atoms with E-state index in [-0.39, 0.29) is 42.0 Å². The molecule has 198 valence electrons. The van der Waals surface area contributed by atoms with E-state index in [4.69, 9.17) is 4.74 Å². The number of aromatic hydroxyl groups is 2. The van der Waals surface area contributed by atoms with Gasteiger partial charge < -0.3 is 19.8 Å². The summed E-state index contributed by atoms with van der Waals surface area (Å²) in [4.78, 5) is 17.9. The molecule has 2 unspecified atom stereocenters. The standard InChI is InChI=1S/C30H39N3O4/c1-20-7-5-6-10-25(20)32-15-13-31(14-16-32)18-24(37-30(36)21-8-3-2-4-9-21)19-33-28(34)26-22-11-12-23(17-22)27(26)29(33)35/h5-7,10-12,21-24,34-35H,2-4,8-9,13-19H2,1H3/t22-,23?,24?/m0/s1. The van der Waals surface area contributed by atoms with Crippen molar-refractivity contribution in [2.45, 2.75) is 69.9 Å². The third-order valence-corrected chi connectivity index (χ3v) is 9.01. The SMILES string of the molecule is Cc1ccccc1N1CCN(CC(Cn2c(O)c3c(c2O)[C@H]2C=CC3C2)OC(=O)C2CCCCC2)CC1. The highest BCUT2D eigenvalue weighted by molar-refractivity contribution is 5.72. The van der Waals surface area contributed by atoms with Gasteiger partial charge in [-0.25, -0.2) is 0 Å². The number of hydrogen-bond donors (Lipinski definition) is 2. The molecule has 0 radical (unpaired) electrons. The Morgan fingerprint density at radius 2 is 1.59 bits per heavy atom. The lowest BCUT2D eigenvalue weighted by atomic mass is 9.89. The Morgan fingerprint density at radius 1 is 0.946 bits per heavy atom. The monoisotopic (exact) mass is 505 g/mol. The molecule has 37 heavy (non-hydrogen) atoms. The van der Waals surface area contributed by atoms with E-state index in [1.165, 1.54) is 17.7 Å². The fourth-order valence-electron chi connectivity index (χ4n) is 6.98. The number of ether oxygens (including phenoxy) is 1. The molecule has 4 aliphatic rings. The highest BCUT2D eigenvalue weighted by Gasteiger charge is 2.41. The van der Waals surface area contributed by atoms with Gasteiger partial charge in [0.15, 0.2) is 11.8 Å². The number of fused-ring (bicyclic) bond motifs is 5. The van der Waals surface area contributed by atoms with Gasteiger partial charge in [0.05, 0.1) is 12.5 Å². The van der Waals surface area contributed by atoms with Gasteiger partial charge in [-0.15, -0.1) is 0 Å². The van der Waals surface area contributed by atoms with Crippen molar-refractivity contribution >= 4 is 11.7 Å². The van der Waals surface area contributed by atoms with Crippen LogP contribution in [0.4, 0.5) is 5.69 Å². The minimum Gasteiger partial charge on any atom is -0.494 e. The Morgan fingerprint density at radius 3 is 2.24 bits per heavy atom. The molecule has 3 atom stereocenters. The van der Waals surface area contributed by atoms with Gasteiger partial charge in [-0.1, -0.05) is 49.6 Å². The van der Waals surface area contributed by atoms with Crippen LogP contribution in [0, 0.1) is 12.8 Å². The quantitative estimate of drug-likeness (QED) is 0.421. The van der Waals surface area contributed by atoms with E-state index < -0.39 is 6.10 Å². The highest BCUT2D eigenvalue weighted by atomic mass is 16.5. The van der Waals surface area contributed by atoms with Crippen LogP contribution in [-0.4, -0.2) is 64.5 Å². The number of hydrogen-bond acceptors (Lipinski definition) is 6. The highest BCUT2D eigenvalue weighted by Crippen LogP contribution is 2.56. The van der Waals surface area contributed by atoms with Crippen LogP contribution in [0.2, 0.25) is 0 Å². The van der Waals surface area contributed by atoms with Crippen molar-refractivity contribution in [2.75, 3.05) is 37.6 Å². The van der Waals surface area contributed by atoms with Gasteiger partial charge >= 0.3 is 5.97 Å². The lowest BCUT2D eigenvalue weighted by Crippen LogP contribution is -2.50. The number of piperazine rings is 1. The maximum absolute atomic E-state index is 13.1. The minimum absolute atomic E-state index is 0.0361. The molecule has 1 aliphatic heterocycles. The van der Waals surface area contributed by atoms with Crippen LogP contribution in [0.15, 0.2) is 36.4 Å². The number of esters is 1. The van der Waals surface area contributed by atoms with Crippen molar-refractivity contribution in [1.82, 2.24) is 9.47 Å². The third-order valence-electron chi connectivity index (χ3n) is 9.01. The number of anilines is 1. The topological polar surface area (TPSA) is 78.2 Å². The van der Waals surface area contributed by atoms with Crippen LogP contribution in [0.3, 0.4) is 0 Å². The second kappa shape index (κ2) is 10.1. The van der Waals surface area contributed by atoms with Crippen LogP contribution in [0.1, 0.15) is 67.1 Å². The van der Waals surface area contributed by atoms with E-state index in [1.54, 1.807) is 4.57 Å². The fraction of sp³-hybridized carbons (Fsp3) is 0.567. The van der Waals surface area contributed by atoms with Crippen molar-refractivity contribution in [2.24, 2.45) is 5.92 Å². The zero-order valence-corrected chi connectivity index (χ0v) is 21.8. The predicted octanol–water partition coefficient (Wildman–Crippen LogP) is 4.66. The first-order chi connectivity index (χ1) is 18.0. The van der Waals surface area contributed by atoms with E-state index in [2.05, 4.69) is 53.1 Å². The first kappa shape index (κ1) is 24.4. The Kier molecular flexibility index (Phi) is 6.65. The summed E-state index contributed by atoms with van der Waals surface area (Å²) in [6, 6.07) is 8.49. The predicted molar refractivity (Wildman–Crippen MR) is 143 cm³/mol. The molecule has 0 amide bonds. The first-order valence-electron chi connectivity index (χ1n) is 14.1. The molecule has 0 spiro atoms. The van der Waals surface area contributed by atoms with Crippen LogP contribution in [0.25, 0.3) is 0 Å². The summed E-state index contributed by atoms with van der Waals surface area (Å²) < 4.78 is 7.74. The van der Waals surface area contributed by atoms with Crippen LogP contribution >= 0.6 is 0 Å². The lowest BCUT2D eigenvalue weighted by Gasteiger charge is -2.38. The maximum Gasteiger partial charge on any atom is 0.309 e. The summed E-state index contributed by atoms with van der Waals surface area (Å²) in [6.07, 6.45) is 9.88. The van der Waals surface area contributed by atoms with Gasteiger partial charge in [0.2, 0.25) is 0 Å². The van der Waals surface area contributed by atoms with Crippen molar-refractivity contribution < 1.29 is 19.7 Å². The molecule has 1 saturated carbocycles. The molecule has 2 aromatic rings. The number of para-hydroxylation sites is 1. The summed E-state index contributed by atoms with van der Waals surface area (Å²) in [5, 5.41) is 22.2. The zero-order chi connectivity index (χ0) is 25.5. The molecule has 2 heterocycles. The molecule has 2 N–H and O–H groups in total. The van der Waals surface area contributed by atoms with E-state index >= 15 is 0 Å². The number of aryl methyl sites for hydroxylation is 1. The Labute approximate surface area is 219 Å². The van der Waals surface area contributed by atoms with Crippen LogP contribution in [-0.2, 0) is 16.1 Å². The molecule has 1 aromatic heterocycles. The zero-order valence-electron chi connectivity index (χ0n) is 21.8. The van der Waals surface area contributed by atoms with Crippen LogP contribution in [0.5, 0.6) is 11.8 Å². The normalized spacial score (nSPS) is 24.4. The van der Waals surface area contributed by atoms with Crippen molar-refractivity contribution in [1.29, 1.82) is 0 Å². The Hall–Kier alpha value is -2.93. The molecule has 6 rings (SSSR count). The number of benzene rings is 1. The average molecular weight is 506 g/mol. The van der Waals surface area contributed by atoms with E-state index in [1.807, 2.05) is 0 Å². The number of carbonyl (C=O) groups excluding carboxylic acids is 1. The molecular weight excluding hydrogens is 466 g/mol. The summed E-state index contributed by atoms with van der Waals surface area (Å²) in [5.41, 5.74) is 4.27. The summed E-state index contributed by atoms with van der Waals surface area (Å²) in [5.74, 6) is 0.449. The molecule has 2 bridgehead atoms. The lowest BCUT2D eigenvalue weighted by molar-refractivity contribution is -0.157. The summed E-state index contributed by atoms with van der Waals surface area (Å²) in [6.45, 7) is 6.58. The van der Waals surface area contributed by atoms with E-state index in [0.29, 0.717) is 6.54 Å². The van der Waals surface area contributed by atoms with Gasteiger partial charge in [0, 0.05) is 61.4 Å². The average Bonchev–Trinajstić information content (AvgIpc) is 3.60. The van der Waals surface area contributed by atoms with E-state index in [9.17, 15) is 15.0 Å². The Balaban J connectivity index is 1.17. The van der Waals surface area contributed by atoms with Gasteiger partial charge in [0.25, 0.3) is 0 Å². The number of allylic oxidation sites excluding steroid dienone is 2. The Bertz CT molecular complexity index is 1140. The maximum atomic E-state index is 13.1. The number of aromatic nitrogens is 1. The van der Waals surface area contributed by atoms with Crippen LogP contribution < -0.4 is 4.90 Å². The fourth-order valence-corrected chi connectivity index (χ4v) is 6.98. The van der Waals surface area contributed by atoms with Crippen molar-refractivity contribution in [3.8, 4) is 11.8 Å². The van der Waals surface area contributed by atoms with Gasteiger partial charge in [-0.2, -0.15) is 0 Å². The number of rotatable bonds is 7. The third kappa shape index (κ3) is 4.63. The molecule has 1 aromatic carbocycles. The van der Waals surface area contributed by atoms with Gasteiger partial charge in [-0.3, -0.25) is 14.3 Å². The van der Waals surface area contributed by atoms with Gasteiger partial charge in [-0.05, 0) is 37.8 Å². The largest absolute Gasteiger partial charge is 0.494 e. The van der Waals surface area contributed by atoms with Crippen molar-refractivity contribution in [3.05, 3.63) is 53.1 Å². The molecule has 7 heteroatoms. The number of carbonyl (C=O) groups is 1. The smallest absolute Gasteiger partial charge is 0.309 e. The molecule has 7 nitrogen and oxygen atoms in total. The second-order valence-electron chi connectivity index (χ2n) is 11.4. The minimum atomic E-state index is -0.436.